The van der Waals surface area contributed by atoms with Crippen LogP contribution < -0.4 is 10.5 Å². The zero-order chi connectivity index (χ0) is 12.3. The molecular formula is C14H19NO2. The van der Waals surface area contributed by atoms with Crippen molar-refractivity contribution in [3.05, 3.63) is 29.8 Å². The Morgan fingerprint density at radius 2 is 2.06 bits per heavy atom. The van der Waals surface area contributed by atoms with Crippen LogP contribution in [-0.2, 0) is 0 Å². The smallest absolute Gasteiger partial charge is 0.164 e. The van der Waals surface area contributed by atoms with Crippen LogP contribution in [0.25, 0.3) is 0 Å². The van der Waals surface area contributed by atoms with Crippen molar-refractivity contribution in [2.45, 2.75) is 44.8 Å². The number of carbonyl (C=O) groups is 1. The minimum atomic E-state index is -0.0371. The van der Waals surface area contributed by atoms with Gasteiger partial charge in [0, 0.05) is 18.0 Å². The van der Waals surface area contributed by atoms with E-state index in [0.29, 0.717) is 12.5 Å². The Labute approximate surface area is 102 Å². The summed E-state index contributed by atoms with van der Waals surface area (Å²) in [4.78, 5) is 11.8. The molecule has 0 bridgehead atoms. The number of Topliss-reactive ketones (excluding diaryl/α,β-unsaturated/α-hetero) is 1. The first-order valence-corrected chi connectivity index (χ1v) is 6.24. The molecular weight excluding hydrogens is 214 g/mol. The summed E-state index contributed by atoms with van der Waals surface area (Å²) in [7, 11) is 0. The second kappa shape index (κ2) is 5.32. The van der Waals surface area contributed by atoms with Crippen molar-refractivity contribution >= 4 is 5.78 Å². The lowest BCUT2D eigenvalue weighted by Crippen LogP contribution is -2.22. The average Bonchev–Trinajstić information content (AvgIpc) is 3.13. The third kappa shape index (κ3) is 3.56. The zero-order valence-electron chi connectivity index (χ0n) is 10.2. The number of hydrogen-bond donors (Lipinski definition) is 1. The second-order valence-electron chi connectivity index (χ2n) is 4.64. The fourth-order valence-corrected chi connectivity index (χ4v) is 1.60. The highest BCUT2D eigenvalue weighted by atomic mass is 16.5. The first-order valence-electron chi connectivity index (χ1n) is 6.24. The minimum absolute atomic E-state index is 0.0371. The van der Waals surface area contributed by atoms with Crippen LogP contribution in [0.2, 0.25) is 0 Å². The van der Waals surface area contributed by atoms with Crippen LogP contribution in [0.4, 0.5) is 0 Å². The van der Waals surface area contributed by atoms with Crippen LogP contribution in [0.5, 0.6) is 5.75 Å². The molecule has 2 rings (SSSR count). The average molecular weight is 233 g/mol. The van der Waals surface area contributed by atoms with E-state index < -0.39 is 0 Å². The SMILES string of the molecule is CCC(N)CC(=O)c1ccc(OC2CC2)cc1. The van der Waals surface area contributed by atoms with Crippen LogP contribution in [0.1, 0.15) is 43.0 Å². The van der Waals surface area contributed by atoms with Crippen molar-refractivity contribution in [1.82, 2.24) is 0 Å². The van der Waals surface area contributed by atoms with E-state index in [4.69, 9.17) is 10.5 Å². The van der Waals surface area contributed by atoms with E-state index >= 15 is 0 Å². The van der Waals surface area contributed by atoms with Gasteiger partial charge in [-0.05, 0) is 43.5 Å². The topological polar surface area (TPSA) is 52.3 Å². The maximum absolute atomic E-state index is 11.8. The van der Waals surface area contributed by atoms with E-state index in [2.05, 4.69) is 0 Å². The summed E-state index contributed by atoms with van der Waals surface area (Å²) in [6, 6.07) is 7.33. The summed E-state index contributed by atoms with van der Waals surface area (Å²) in [6.07, 6.45) is 3.93. The van der Waals surface area contributed by atoms with Gasteiger partial charge in [0.1, 0.15) is 5.75 Å². The van der Waals surface area contributed by atoms with Crippen LogP contribution in [-0.4, -0.2) is 17.9 Å². The normalized spacial score (nSPS) is 16.6. The van der Waals surface area contributed by atoms with Gasteiger partial charge in [0.25, 0.3) is 0 Å². The number of hydrogen-bond acceptors (Lipinski definition) is 3. The van der Waals surface area contributed by atoms with Gasteiger partial charge in [-0.2, -0.15) is 0 Å². The Bertz CT molecular complexity index is 382. The molecule has 0 spiro atoms. The van der Waals surface area contributed by atoms with Gasteiger partial charge in [-0.1, -0.05) is 6.92 Å². The van der Waals surface area contributed by atoms with Crippen molar-refractivity contribution in [2.75, 3.05) is 0 Å². The summed E-state index contributed by atoms with van der Waals surface area (Å²) < 4.78 is 5.63. The zero-order valence-corrected chi connectivity index (χ0v) is 10.2. The van der Waals surface area contributed by atoms with Crippen LogP contribution in [0, 0.1) is 0 Å². The summed E-state index contributed by atoms with van der Waals surface area (Å²) in [5.74, 6) is 0.959. The highest BCUT2D eigenvalue weighted by molar-refractivity contribution is 5.96. The molecule has 1 aliphatic rings. The molecule has 1 saturated carbocycles. The molecule has 1 aliphatic carbocycles. The van der Waals surface area contributed by atoms with Crippen LogP contribution in [0.15, 0.2) is 24.3 Å². The Kier molecular flexibility index (Phi) is 3.79. The molecule has 1 fully saturated rings. The molecule has 0 heterocycles. The maximum atomic E-state index is 11.8. The standard InChI is InChI=1S/C14H19NO2/c1-2-11(15)9-14(16)10-3-5-12(6-4-10)17-13-7-8-13/h3-6,11,13H,2,7-9,15H2,1H3. The lowest BCUT2D eigenvalue weighted by molar-refractivity contribution is 0.0974. The quantitative estimate of drug-likeness (QED) is 0.768. The van der Waals surface area contributed by atoms with Gasteiger partial charge in [-0.15, -0.1) is 0 Å². The number of benzene rings is 1. The summed E-state index contributed by atoms with van der Waals surface area (Å²) in [5.41, 5.74) is 6.49. The van der Waals surface area contributed by atoms with E-state index in [1.807, 2.05) is 31.2 Å². The first kappa shape index (κ1) is 12.1. The number of ketones is 1. The van der Waals surface area contributed by atoms with Crippen LogP contribution >= 0.6 is 0 Å². The van der Waals surface area contributed by atoms with E-state index in [-0.39, 0.29) is 11.8 Å². The molecule has 1 aromatic rings. The van der Waals surface area contributed by atoms with E-state index in [0.717, 1.165) is 30.6 Å². The molecule has 1 atom stereocenters. The highest BCUT2D eigenvalue weighted by Crippen LogP contribution is 2.26. The van der Waals surface area contributed by atoms with Crippen molar-refractivity contribution in [3.63, 3.8) is 0 Å². The molecule has 1 unspecified atom stereocenters. The Balaban J connectivity index is 1.93. The number of nitrogens with two attached hydrogens (primary N) is 1. The lowest BCUT2D eigenvalue weighted by Gasteiger charge is -2.08. The Hall–Kier alpha value is -1.35. The van der Waals surface area contributed by atoms with Gasteiger partial charge in [0.05, 0.1) is 6.10 Å². The van der Waals surface area contributed by atoms with Crippen molar-refractivity contribution in [3.8, 4) is 5.75 Å². The van der Waals surface area contributed by atoms with Gasteiger partial charge in [-0.25, -0.2) is 0 Å². The highest BCUT2D eigenvalue weighted by Gasteiger charge is 2.23. The molecule has 2 N–H and O–H groups in total. The van der Waals surface area contributed by atoms with Crippen molar-refractivity contribution in [1.29, 1.82) is 0 Å². The molecule has 3 nitrogen and oxygen atoms in total. The van der Waals surface area contributed by atoms with Crippen molar-refractivity contribution < 1.29 is 9.53 Å². The predicted molar refractivity (Wildman–Crippen MR) is 67.3 cm³/mol. The number of carbonyl (C=O) groups excluding carboxylic acids is 1. The fourth-order valence-electron chi connectivity index (χ4n) is 1.60. The molecule has 92 valence electrons. The molecule has 0 saturated heterocycles. The summed E-state index contributed by atoms with van der Waals surface area (Å²) in [6.45, 7) is 1.99. The maximum Gasteiger partial charge on any atom is 0.164 e. The van der Waals surface area contributed by atoms with Gasteiger partial charge in [-0.3, -0.25) is 4.79 Å². The van der Waals surface area contributed by atoms with E-state index in [9.17, 15) is 4.79 Å². The molecule has 1 aromatic carbocycles. The molecule has 0 aromatic heterocycles. The third-order valence-corrected chi connectivity index (χ3v) is 2.98. The predicted octanol–water partition coefficient (Wildman–Crippen LogP) is 2.54. The van der Waals surface area contributed by atoms with E-state index in [1.54, 1.807) is 0 Å². The van der Waals surface area contributed by atoms with Gasteiger partial charge < -0.3 is 10.5 Å². The molecule has 0 radical (unpaired) electrons. The molecule has 0 aliphatic heterocycles. The number of rotatable bonds is 6. The second-order valence-corrected chi connectivity index (χ2v) is 4.64. The molecule has 0 amide bonds. The molecule has 17 heavy (non-hydrogen) atoms. The van der Waals surface area contributed by atoms with E-state index in [1.165, 1.54) is 0 Å². The lowest BCUT2D eigenvalue weighted by atomic mass is 10.0. The van der Waals surface area contributed by atoms with Gasteiger partial charge in [0.2, 0.25) is 0 Å². The fraction of sp³-hybridized carbons (Fsp3) is 0.500. The first-order chi connectivity index (χ1) is 8.19. The largest absolute Gasteiger partial charge is 0.490 e. The van der Waals surface area contributed by atoms with Crippen LogP contribution in [0.3, 0.4) is 0 Å². The Morgan fingerprint density at radius 1 is 1.41 bits per heavy atom. The number of ether oxygens (including phenoxy) is 1. The van der Waals surface area contributed by atoms with Gasteiger partial charge >= 0.3 is 0 Å². The summed E-state index contributed by atoms with van der Waals surface area (Å²) in [5, 5.41) is 0. The summed E-state index contributed by atoms with van der Waals surface area (Å²) >= 11 is 0. The van der Waals surface area contributed by atoms with Gasteiger partial charge in [0.15, 0.2) is 5.78 Å². The Morgan fingerprint density at radius 3 is 2.59 bits per heavy atom. The molecule has 3 heteroatoms. The minimum Gasteiger partial charge on any atom is -0.490 e. The monoisotopic (exact) mass is 233 g/mol. The van der Waals surface area contributed by atoms with Crippen molar-refractivity contribution in [2.24, 2.45) is 5.73 Å². The third-order valence-electron chi connectivity index (χ3n) is 2.98.